The molecule has 1 saturated heterocycles. The highest BCUT2D eigenvalue weighted by molar-refractivity contribution is 5.89. The molecular formula is C18H20N2O3. The van der Waals surface area contributed by atoms with E-state index in [1.54, 1.807) is 35.2 Å². The molecule has 0 spiro atoms. The molecule has 1 aromatic carbocycles. The molecule has 1 heterocycles. The van der Waals surface area contributed by atoms with Crippen LogP contribution in [0.5, 0.6) is 0 Å². The van der Waals surface area contributed by atoms with E-state index in [-0.39, 0.29) is 12.5 Å². The molecule has 5 heteroatoms. The van der Waals surface area contributed by atoms with Gasteiger partial charge in [-0.3, -0.25) is 4.79 Å². The van der Waals surface area contributed by atoms with E-state index in [2.05, 4.69) is 6.92 Å². The first-order valence-corrected chi connectivity index (χ1v) is 7.71. The van der Waals surface area contributed by atoms with Gasteiger partial charge in [0.15, 0.2) is 6.61 Å². The zero-order valence-corrected chi connectivity index (χ0v) is 13.2. The lowest BCUT2D eigenvalue weighted by Crippen LogP contribution is -2.41. The first kappa shape index (κ1) is 16.8. The van der Waals surface area contributed by atoms with Crippen LogP contribution in [0.4, 0.5) is 0 Å². The Kier molecular flexibility index (Phi) is 5.93. The fourth-order valence-corrected chi connectivity index (χ4v) is 2.52. The van der Waals surface area contributed by atoms with E-state index in [0.29, 0.717) is 11.5 Å². The topological polar surface area (TPSA) is 70.4 Å². The highest BCUT2D eigenvalue weighted by atomic mass is 16.5. The number of hydrogen-bond acceptors (Lipinski definition) is 4. The highest BCUT2D eigenvalue weighted by Gasteiger charge is 2.21. The standard InChI is InChI=1S/C18H20N2O3/c1-14-3-2-10-20(12-14)17(21)13-23-18(22)9-8-15-4-6-16(11-19)7-5-15/h4-9,14H,2-3,10,12-13H2,1H3/b9-8+/t14-/m0/s1. The van der Waals surface area contributed by atoms with Gasteiger partial charge in [-0.25, -0.2) is 4.79 Å². The van der Waals surface area contributed by atoms with Gasteiger partial charge in [0.05, 0.1) is 11.6 Å². The number of nitriles is 1. The van der Waals surface area contributed by atoms with Crippen LogP contribution in [-0.4, -0.2) is 36.5 Å². The van der Waals surface area contributed by atoms with Crippen LogP contribution < -0.4 is 0 Å². The van der Waals surface area contributed by atoms with Crippen LogP contribution in [0.3, 0.4) is 0 Å². The molecule has 0 aromatic heterocycles. The Hall–Kier alpha value is -2.61. The average Bonchev–Trinajstić information content (AvgIpc) is 2.58. The molecule has 1 aliphatic rings. The molecule has 2 rings (SSSR count). The van der Waals surface area contributed by atoms with Crippen LogP contribution in [-0.2, 0) is 14.3 Å². The molecule has 0 radical (unpaired) electrons. The van der Waals surface area contributed by atoms with Crippen molar-refractivity contribution in [2.24, 2.45) is 5.92 Å². The minimum absolute atomic E-state index is 0.142. The van der Waals surface area contributed by atoms with E-state index in [9.17, 15) is 9.59 Å². The summed E-state index contributed by atoms with van der Waals surface area (Å²) < 4.78 is 4.99. The van der Waals surface area contributed by atoms with Gasteiger partial charge in [-0.2, -0.15) is 5.26 Å². The highest BCUT2D eigenvalue weighted by Crippen LogP contribution is 2.15. The maximum Gasteiger partial charge on any atom is 0.331 e. The third-order valence-corrected chi connectivity index (χ3v) is 3.80. The Morgan fingerprint density at radius 2 is 2.13 bits per heavy atom. The zero-order valence-electron chi connectivity index (χ0n) is 13.2. The van der Waals surface area contributed by atoms with Crippen LogP contribution in [0.1, 0.15) is 30.9 Å². The molecular weight excluding hydrogens is 292 g/mol. The van der Waals surface area contributed by atoms with Crippen LogP contribution >= 0.6 is 0 Å². The van der Waals surface area contributed by atoms with Crippen LogP contribution in [0.15, 0.2) is 30.3 Å². The maximum absolute atomic E-state index is 12.0. The van der Waals surface area contributed by atoms with Gasteiger partial charge in [-0.15, -0.1) is 0 Å². The molecule has 0 unspecified atom stereocenters. The summed E-state index contributed by atoms with van der Waals surface area (Å²) in [5.41, 5.74) is 1.35. The third-order valence-electron chi connectivity index (χ3n) is 3.80. The van der Waals surface area contributed by atoms with Crippen molar-refractivity contribution < 1.29 is 14.3 Å². The Labute approximate surface area is 136 Å². The molecule has 1 atom stereocenters. The van der Waals surface area contributed by atoms with Gasteiger partial charge in [0, 0.05) is 19.2 Å². The number of piperidine rings is 1. The lowest BCUT2D eigenvalue weighted by molar-refractivity contribution is -0.149. The molecule has 5 nitrogen and oxygen atoms in total. The number of carbonyl (C=O) groups is 2. The number of hydrogen-bond donors (Lipinski definition) is 0. The van der Waals surface area contributed by atoms with E-state index in [4.69, 9.17) is 10.00 Å². The van der Waals surface area contributed by atoms with Gasteiger partial charge in [0.25, 0.3) is 5.91 Å². The third kappa shape index (κ3) is 5.26. The summed E-state index contributed by atoms with van der Waals surface area (Å²) in [7, 11) is 0. The first-order chi connectivity index (χ1) is 11.1. The Bertz CT molecular complexity index is 629. The number of ether oxygens (including phenoxy) is 1. The average molecular weight is 312 g/mol. The van der Waals surface area contributed by atoms with E-state index >= 15 is 0 Å². The Morgan fingerprint density at radius 1 is 1.39 bits per heavy atom. The summed E-state index contributed by atoms with van der Waals surface area (Å²) in [6.07, 6.45) is 5.01. The summed E-state index contributed by atoms with van der Waals surface area (Å²) >= 11 is 0. The second kappa shape index (κ2) is 8.14. The molecule has 0 bridgehead atoms. The van der Waals surface area contributed by atoms with Crippen molar-refractivity contribution >= 4 is 18.0 Å². The molecule has 1 fully saturated rings. The zero-order chi connectivity index (χ0) is 16.7. The molecule has 1 aromatic rings. The van der Waals surface area contributed by atoms with Crippen molar-refractivity contribution in [3.05, 3.63) is 41.5 Å². The largest absolute Gasteiger partial charge is 0.452 e. The first-order valence-electron chi connectivity index (χ1n) is 7.71. The Balaban J connectivity index is 1.79. The second-order valence-corrected chi connectivity index (χ2v) is 5.76. The number of rotatable bonds is 4. The van der Waals surface area contributed by atoms with E-state index in [1.807, 2.05) is 6.07 Å². The summed E-state index contributed by atoms with van der Waals surface area (Å²) in [5, 5.41) is 8.71. The van der Waals surface area contributed by atoms with Gasteiger partial charge >= 0.3 is 5.97 Å². The number of benzene rings is 1. The Morgan fingerprint density at radius 3 is 2.78 bits per heavy atom. The van der Waals surface area contributed by atoms with Gasteiger partial charge < -0.3 is 9.64 Å². The van der Waals surface area contributed by atoms with Crippen molar-refractivity contribution in [1.29, 1.82) is 5.26 Å². The maximum atomic E-state index is 12.0. The number of esters is 1. The molecule has 23 heavy (non-hydrogen) atoms. The molecule has 0 aliphatic carbocycles. The minimum Gasteiger partial charge on any atom is -0.452 e. The lowest BCUT2D eigenvalue weighted by Gasteiger charge is -2.30. The lowest BCUT2D eigenvalue weighted by atomic mass is 10.0. The summed E-state index contributed by atoms with van der Waals surface area (Å²) in [5.74, 6) is -0.191. The monoisotopic (exact) mass is 312 g/mol. The van der Waals surface area contributed by atoms with Crippen LogP contribution in [0.25, 0.3) is 6.08 Å². The normalized spacial score (nSPS) is 17.7. The molecule has 0 N–H and O–H groups in total. The van der Waals surface area contributed by atoms with E-state index in [0.717, 1.165) is 31.5 Å². The SMILES string of the molecule is C[C@H]1CCCN(C(=O)COC(=O)/C=C/c2ccc(C#N)cc2)C1. The van der Waals surface area contributed by atoms with Gasteiger partial charge in [0.1, 0.15) is 0 Å². The van der Waals surface area contributed by atoms with Crippen LogP contribution in [0.2, 0.25) is 0 Å². The van der Waals surface area contributed by atoms with Crippen molar-refractivity contribution in [2.75, 3.05) is 19.7 Å². The summed E-state index contributed by atoms with van der Waals surface area (Å²) in [6.45, 7) is 3.37. The second-order valence-electron chi connectivity index (χ2n) is 5.76. The predicted molar refractivity (Wildman–Crippen MR) is 86.1 cm³/mol. The number of amides is 1. The molecule has 120 valence electrons. The van der Waals surface area contributed by atoms with E-state index < -0.39 is 5.97 Å². The minimum atomic E-state index is -0.548. The van der Waals surface area contributed by atoms with Crippen molar-refractivity contribution in [3.63, 3.8) is 0 Å². The number of carbonyl (C=O) groups excluding carboxylic acids is 2. The van der Waals surface area contributed by atoms with Crippen molar-refractivity contribution in [3.8, 4) is 6.07 Å². The van der Waals surface area contributed by atoms with Gasteiger partial charge in [-0.1, -0.05) is 19.1 Å². The van der Waals surface area contributed by atoms with Gasteiger partial charge in [0.2, 0.25) is 0 Å². The fraction of sp³-hybridized carbons (Fsp3) is 0.389. The summed E-state index contributed by atoms with van der Waals surface area (Å²) in [4.78, 5) is 25.4. The quantitative estimate of drug-likeness (QED) is 0.632. The number of likely N-dealkylation sites (tertiary alicyclic amines) is 1. The predicted octanol–water partition coefficient (Wildman–Crippen LogP) is 2.37. The molecule has 1 amide bonds. The van der Waals surface area contributed by atoms with Crippen molar-refractivity contribution in [1.82, 2.24) is 4.90 Å². The van der Waals surface area contributed by atoms with Gasteiger partial charge in [-0.05, 0) is 42.5 Å². The van der Waals surface area contributed by atoms with Crippen LogP contribution in [0, 0.1) is 17.2 Å². The fourth-order valence-electron chi connectivity index (χ4n) is 2.52. The van der Waals surface area contributed by atoms with E-state index in [1.165, 1.54) is 6.08 Å². The molecule has 0 saturated carbocycles. The van der Waals surface area contributed by atoms with Crippen molar-refractivity contribution in [2.45, 2.75) is 19.8 Å². The summed E-state index contributed by atoms with van der Waals surface area (Å²) in [6, 6.07) is 8.85. The smallest absolute Gasteiger partial charge is 0.331 e. The molecule has 1 aliphatic heterocycles. The number of nitrogens with zero attached hydrogens (tertiary/aromatic N) is 2.